The smallest absolute Gasteiger partial charge is 0.323 e. The summed E-state index contributed by atoms with van der Waals surface area (Å²) < 4.78 is 54.2. The summed E-state index contributed by atoms with van der Waals surface area (Å²) in [5, 5.41) is 18.5. The van der Waals surface area contributed by atoms with Crippen molar-refractivity contribution in [2.24, 2.45) is 0 Å². The standard InChI is InChI=1S/C32H27ClF3NO6/c33-30-26(35)12-13-27(36)32(30)43-15-2-1-14-42-24-10-7-20(8-11-24)6-9-21-16-23(34)17-25-22(4-3-5-28(38)39)18-37(31(21)25)19-29(40)41/h1-2,6-13,16-18H,3-5,14-15,19H2,(H,38,39)(H,40,41)/b2-1+,9-6?. The summed E-state index contributed by atoms with van der Waals surface area (Å²) in [6, 6.07) is 11.6. The van der Waals surface area contributed by atoms with Crippen LogP contribution in [0.5, 0.6) is 11.5 Å². The van der Waals surface area contributed by atoms with Crippen LogP contribution in [0.3, 0.4) is 0 Å². The molecule has 0 spiro atoms. The van der Waals surface area contributed by atoms with Crippen LogP contribution in [-0.4, -0.2) is 39.9 Å². The van der Waals surface area contributed by atoms with Gasteiger partial charge in [-0.1, -0.05) is 35.9 Å². The van der Waals surface area contributed by atoms with Crippen LogP contribution in [0, 0.1) is 17.5 Å². The molecule has 0 saturated heterocycles. The van der Waals surface area contributed by atoms with Gasteiger partial charge in [0.05, 0.1) is 5.52 Å². The van der Waals surface area contributed by atoms with Crippen molar-refractivity contribution < 1.29 is 42.4 Å². The highest BCUT2D eigenvalue weighted by atomic mass is 35.5. The lowest BCUT2D eigenvalue weighted by Crippen LogP contribution is -2.08. The molecule has 4 aromatic rings. The molecule has 224 valence electrons. The number of ether oxygens (including phenoxy) is 2. The van der Waals surface area contributed by atoms with Gasteiger partial charge < -0.3 is 24.3 Å². The molecule has 0 aliphatic rings. The van der Waals surface area contributed by atoms with E-state index >= 15 is 0 Å². The quantitative estimate of drug-likeness (QED) is 0.0874. The number of aliphatic carboxylic acids is 2. The molecule has 1 aromatic heterocycles. The molecule has 3 aromatic carbocycles. The van der Waals surface area contributed by atoms with Gasteiger partial charge in [-0.05, 0) is 72.5 Å². The molecule has 0 radical (unpaired) electrons. The third kappa shape index (κ3) is 8.42. The number of nitrogens with zero attached hydrogens (tertiary/aromatic N) is 1. The van der Waals surface area contributed by atoms with E-state index < -0.39 is 34.4 Å². The topological polar surface area (TPSA) is 98.0 Å². The minimum absolute atomic E-state index is 0.0415. The number of hydrogen-bond acceptors (Lipinski definition) is 4. The monoisotopic (exact) mass is 613 g/mol. The molecule has 0 saturated carbocycles. The Kier molecular flexibility index (Phi) is 10.5. The zero-order chi connectivity index (χ0) is 30.9. The second-order valence-corrected chi connectivity index (χ2v) is 9.86. The Balaban J connectivity index is 1.40. The predicted molar refractivity (Wildman–Crippen MR) is 157 cm³/mol. The Bertz CT molecular complexity index is 1680. The second kappa shape index (κ2) is 14.5. The molecule has 11 heteroatoms. The van der Waals surface area contributed by atoms with Crippen LogP contribution in [-0.2, 0) is 22.6 Å². The first-order valence-electron chi connectivity index (χ1n) is 13.2. The molecule has 2 N–H and O–H groups in total. The third-order valence-electron chi connectivity index (χ3n) is 6.37. The van der Waals surface area contributed by atoms with E-state index in [0.717, 1.165) is 17.7 Å². The van der Waals surface area contributed by atoms with Gasteiger partial charge in [-0.25, -0.2) is 13.2 Å². The van der Waals surface area contributed by atoms with Crippen molar-refractivity contribution in [3.63, 3.8) is 0 Å². The highest BCUT2D eigenvalue weighted by Crippen LogP contribution is 2.31. The number of halogens is 4. The van der Waals surface area contributed by atoms with Crippen molar-refractivity contribution in [2.75, 3.05) is 13.2 Å². The first-order valence-corrected chi connectivity index (χ1v) is 13.6. The average molecular weight is 614 g/mol. The Labute approximate surface area is 250 Å². The highest BCUT2D eigenvalue weighted by molar-refractivity contribution is 6.32. The average Bonchev–Trinajstić information content (AvgIpc) is 3.29. The summed E-state index contributed by atoms with van der Waals surface area (Å²) in [6.45, 7) is -0.182. The summed E-state index contributed by atoms with van der Waals surface area (Å²) in [6.07, 6.45) is 8.97. The largest absolute Gasteiger partial charge is 0.490 e. The van der Waals surface area contributed by atoms with Crippen molar-refractivity contribution in [3.05, 3.63) is 106 Å². The minimum atomic E-state index is -1.06. The van der Waals surface area contributed by atoms with Crippen LogP contribution in [0.4, 0.5) is 13.2 Å². The summed E-state index contributed by atoms with van der Waals surface area (Å²) >= 11 is 5.72. The van der Waals surface area contributed by atoms with Gasteiger partial charge in [-0.15, -0.1) is 0 Å². The molecule has 43 heavy (non-hydrogen) atoms. The van der Waals surface area contributed by atoms with E-state index in [1.54, 1.807) is 54.8 Å². The Morgan fingerprint density at radius 1 is 0.884 bits per heavy atom. The minimum Gasteiger partial charge on any atom is -0.490 e. The van der Waals surface area contributed by atoms with Crippen molar-refractivity contribution >= 4 is 46.6 Å². The summed E-state index contributed by atoms with van der Waals surface area (Å²) in [5.41, 5.74) is 2.48. The molecule has 0 amide bonds. The van der Waals surface area contributed by atoms with E-state index in [-0.39, 0.29) is 31.9 Å². The van der Waals surface area contributed by atoms with Gasteiger partial charge in [0.1, 0.15) is 42.2 Å². The maximum atomic E-state index is 14.6. The lowest BCUT2D eigenvalue weighted by atomic mass is 10.0. The van der Waals surface area contributed by atoms with Gasteiger partial charge in [-0.2, -0.15) is 0 Å². The van der Waals surface area contributed by atoms with Crippen molar-refractivity contribution in [3.8, 4) is 11.5 Å². The Morgan fingerprint density at radius 2 is 1.58 bits per heavy atom. The van der Waals surface area contributed by atoms with Crippen LogP contribution < -0.4 is 9.47 Å². The maximum absolute atomic E-state index is 14.6. The molecule has 1 heterocycles. The SMILES string of the molecule is O=C(O)CCCc1cn(CC(=O)O)c2c(C=Cc3ccc(OC/C=C/COc4c(F)ccc(F)c4Cl)cc3)cc(F)cc12. The molecule has 4 rings (SSSR count). The summed E-state index contributed by atoms with van der Waals surface area (Å²) in [4.78, 5) is 22.4. The van der Waals surface area contributed by atoms with Crippen molar-refractivity contribution in [1.29, 1.82) is 0 Å². The molecule has 0 aliphatic carbocycles. The first-order chi connectivity index (χ1) is 20.6. The summed E-state index contributed by atoms with van der Waals surface area (Å²) in [7, 11) is 0. The van der Waals surface area contributed by atoms with E-state index in [1.165, 1.54) is 16.7 Å². The van der Waals surface area contributed by atoms with Gasteiger partial charge in [0.25, 0.3) is 0 Å². The fourth-order valence-electron chi connectivity index (χ4n) is 4.45. The van der Waals surface area contributed by atoms with E-state index in [4.69, 9.17) is 26.2 Å². The number of carboxylic acid groups (broad SMARTS) is 2. The zero-order valence-corrected chi connectivity index (χ0v) is 23.5. The van der Waals surface area contributed by atoms with Crippen molar-refractivity contribution in [1.82, 2.24) is 4.57 Å². The van der Waals surface area contributed by atoms with Crippen LogP contribution in [0.2, 0.25) is 5.02 Å². The van der Waals surface area contributed by atoms with E-state index in [0.29, 0.717) is 40.6 Å². The fraction of sp³-hybridized carbons (Fsp3) is 0.188. The van der Waals surface area contributed by atoms with Gasteiger partial charge in [0.2, 0.25) is 0 Å². The normalized spacial score (nSPS) is 11.5. The molecule has 0 bridgehead atoms. The first kappa shape index (κ1) is 31.2. The molecular formula is C32H27ClF3NO6. The number of aryl methyl sites for hydroxylation is 1. The van der Waals surface area contributed by atoms with Crippen molar-refractivity contribution in [2.45, 2.75) is 25.8 Å². The van der Waals surface area contributed by atoms with Gasteiger partial charge in [-0.3, -0.25) is 9.59 Å². The predicted octanol–water partition coefficient (Wildman–Crippen LogP) is 7.39. The fourth-order valence-corrected chi connectivity index (χ4v) is 4.66. The molecule has 0 aliphatic heterocycles. The van der Waals surface area contributed by atoms with E-state index in [1.807, 2.05) is 0 Å². The molecular weight excluding hydrogens is 587 g/mol. The Hall–Kier alpha value is -4.70. The van der Waals surface area contributed by atoms with Crippen LogP contribution >= 0.6 is 11.6 Å². The van der Waals surface area contributed by atoms with Gasteiger partial charge >= 0.3 is 11.9 Å². The number of rotatable bonds is 14. The molecule has 7 nitrogen and oxygen atoms in total. The van der Waals surface area contributed by atoms with E-state index in [9.17, 15) is 27.9 Å². The zero-order valence-electron chi connectivity index (χ0n) is 22.7. The van der Waals surface area contributed by atoms with Gasteiger partial charge in [0.15, 0.2) is 11.6 Å². The molecule has 0 atom stereocenters. The number of aromatic nitrogens is 1. The number of benzene rings is 3. The highest BCUT2D eigenvalue weighted by Gasteiger charge is 2.16. The maximum Gasteiger partial charge on any atom is 0.323 e. The number of carboxylic acids is 2. The van der Waals surface area contributed by atoms with E-state index in [2.05, 4.69) is 0 Å². The lowest BCUT2D eigenvalue weighted by molar-refractivity contribution is -0.138. The summed E-state index contributed by atoms with van der Waals surface area (Å²) in [5.74, 6) is -3.83. The number of hydrogen-bond donors (Lipinski definition) is 2. The number of carbonyl (C=O) groups is 2. The van der Waals surface area contributed by atoms with Crippen LogP contribution in [0.25, 0.3) is 23.1 Å². The Morgan fingerprint density at radius 3 is 2.28 bits per heavy atom. The second-order valence-electron chi connectivity index (χ2n) is 9.48. The van der Waals surface area contributed by atoms with Crippen LogP contribution in [0.15, 0.2) is 66.9 Å². The molecule has 0 fully saturated rings. The molecule has 0 unspecified atom stereocenters. The van der Waals surface area contributed by atoms with Crippen LogP contribution in [0.1, 0.15) is 29.5 Å². The number of fused-ring (bicyclic) bond motifs is 1. The lowest BCUT2D eigenvalue weighted by Gasteiger charge is -2.07. The third-order valence-corrected chi connectivity index (χ3v) is 6.72. The van der Waals surface area contributed by atoms with Gasteiger partial charge in [0, 0.05) is 23.6 Å².